The quantitative estimate of drug-likeness (QED) is 0.784. The second-order valence-corrected chi connectivity index (χ2v) is 5.80. The molecule has 0 unspecified atom stereocenters. The molecule has 0 bridgehead atoms. The number of hydrogen-bond acceptors (Lipinski definition) is 4. The van der Waals surface area contributed by atoms with E-state index in [1.807, 2.05) is 30.3 Å². The molecular weight excluding hydrogens is 326 g/mol. The predicted molar refractivity (Wildman–Crippen MR) is 97.4 cm³/mol. The van der Waals surface area contributed by atoms with Crippen molar-refractivity contribution in [3.05, 3.63) is 87.3 Å². The number of rotatable bonds is 4. The summed E-state index contributed by atoms with van der Waals surface area (Å²) in [5.74, 6) is 0.679. The van der Waals surface area contributed by atoms with Crippen LogP contribution in [0.1, 0.15) is 22.4 Å². The Kier molecular flexibility index (Phi) is 4.83. The Morgan fingerprint density at radius 3 is 2.31 bits per heavy atom. The summed E-state index contributed by atoms with van der Waals surface area (Å²) >= 11 is 0. The molecule has 0 radical (unpaired) electrons. The molecule has 0 aliphatic rings. The molecule has 3 aromatic rings. The molecule has 5 heteroatoms. The zero-order chi connectivity index (χ0) is 18.5. The molecule has 0 fully saturated rings. The van der Waals surface area contributed by atoms with Crippen molar-refractivity contribution in [2.75, 3.05) is 0 Å². The van der Waals surface area contributed by atoms with Crippen LogP contribution in [0.25, 0.3) is 11.1 Å². The Balaban J connectivity index is 1.78. The number of aromatic nitrogens is 1. The fourth-order valence-electron chi connectivity index (χ4n) is 2.60. The maximum atomic E-state index is 11.9. The lowest BCUT2D eigenvalue weighted by atomic mass is 10.0. The normalized spacial score (nSPS) is 9.96. The molecule has 0 saturated carbocycles. The third-order valence-electron chi connectivity index (χ3n) is 3.93. The van der Waals surface area contributed by atoms with Gasteiger partial charge in [0.05, 0.1) is 11.6 Å². The molecule has 0 saturated heterocycles. The van der Waals surface area contributed by atoms with Gasteiger partial charge in [-0.3, -0.25) is 4.79 Å². The van der Waals surface area contributed by atoms with E-state index in [0.29, 0.717) is 29.2 Å². The van der Waals surface area contributed by atoms with Gasteiger partial charge in [-0.15, -0.1) is 0 Å². The van der Waals surface area contributed by atoms with E-state index < -0.39 is 0 Å². The van der Waals surface area contributed by atoms with Crippen molar-refractivity contribution in [2.24, 2.45) is 0 Å². The minimum atomic E-state index is -0.386. The Morgan fingerprint density at radius 2 is 1.69 bits per heavy atom. The van der Waals surface area contributed by atoms with Crippen LogP contribution < -0.4 is 10.3 Å². The Bertz CT molecular complexity index is 1070. The Morgan fingerprint density at radius 1 is 1.00 bits per heavy atom. The van der Waals surface area contributed by atoms with Gasteiger partial charge in [0, 0.05) is 11.3 Å². The fourth-order valence-corrected chi connectivity index (χ4v) is 2.60. The van der Waals surface area contributed by atoms with E-state index in [1.165, 1.54) is 0 Å². The van der Waals surface area contributed by atoms with Crippen LogP contribution >= 0.6 is 0 Å². The third-order valence-corrected chi connectivity index (χ3v) is 3.93. The number of aryl methyl sites for hydroxylation is 1. The molecular formula is C21H15N3O2. The number of nitrogens with zero attached hydrogens (tertiary/aromatic N) is 2. The topological polar surface area (TPSA) is 89.7 Å². The van der Waals surface area contributed by atoms with Crippen LogP contribution in [0.15, 0.2) is 59.4 Å². The van der Waals surface area contributed by atoms with Gasteiger partial charge < -0.3 is 9.72 Å². The van der Waals surface area contributed by atoms with Crippen LogP contribution in [-0.2, 0) is 6.61 Å². The van der Waals surface area contributed by atoms with Crippen LogP contribution in [0.3, 0.4) is 0 Å². The molecule has 5 nitrogen and oxygen atoms in total. The van der Waals surface area contributed by atoms with Gasteiger partial charge in [0.25, 0.3) is 5.56 Å². The average molecular weight is 341 g/mol. The molecule has 1 aromatic heterocycles. The number of hydrogen-bond donors (Lipinski definition) is 1. The number of aromatic amines is 1. The highest BCUT2D eigenvalue weighted by molar-refractivity contribution is 5.70. The number of H-pyrrole nitrogens is 1. The third kappa shape index (κ3) is 3.63. The van der Waals surface area contributed by atoms with Crippen molar-refractivity contribution in [3.63, 3.8) is 0 Å². The van der Waals surface area contributed by atoms with Gasteiger partial charge in [-0.25, -0.2) is 0 Å². The first kappa shape index (κ1) is 17.0. The summed E-state index contributed by atoms with van der Waals surface area (Å²) in [7, 11) is 0. The Labute approximate surface area is 150 Å². The highest BCUT2D eigenvalue weighted by Gasteiger charge is 2.10. The molecule has 126 valence electrons. The SMILES string of the molecule is Cc1cc(-c2ccc(OCc3ccc(C#N)cc3)cc2)c(C#N)c(=O)[nH]1. The van der Waals surface area contributed by atoms with Crippen LogP contribution in [0.2, 0.25) is 0 Å². The van der Waals surface area contributed by atoms with Crippen molar-refractivity contribution < 1.29 is 4.74 Å². The second kappa shape index (κ2) is 7.38. The molecule has 3 rings (SSSR count). The summed E-state index contributed by atoms with van der Waals surface area (Å²) in [6, 6.07) is 20.3. The molecule has 1 heterocycles. The zero-order valence-electron chi connectivity index (χ0n) is 14.1. The summed E-state index contributed by atoms with van der Waals surface area (Å²) in [6.45, 7) is 2.17. The van der Waals surface area contributed by atoms with E-state index >= 15 is 0 Å². The molecule has 2 aromatic carbocycles. The maximum absolute atomic E-state index is 11.9. The second-order valence-electron chi connectivity index (χ2n) is 5.80. The lowest BCUT2D eigenvalue weighted by Gasteiger charge is -2.09. The first-order chi connectivity index (χ1) is 12.6. The molecule has 26 heavy (non-hydrogen) atoms. The number of pyridine rings is 1. The van der Waals surface area contributed by atoms with Gasteiger partial charge in [-0.2, -0.15) is 10.5 Å². The van der Waals surface area contributed by atoms with E-state index in [9.17, 15) is 10.1 Å². The summed E-state index contributed by atoms with van der Waals surface area (Å²) in [5.41, 5.74) is 3.37. The Hall–Kier alpha value is -3.83. The molecule has 0 amide bonds. The van der Waals surface area contributed by atoms with Crippen LogP contribution in [0, 0.1) is 29.6 Å². The summed E-state index contributed by atoms with van der Waals surface area (Å²) in [4.78, 5) is 14.5. The number of nitrogens with one attached hydrogen (secondary N) is 1. The summed E-state index contributed by atoms with van der Waals surface area (Å²) < 4.78 is 5.74. The van der Waals surface area contributed by atoms with Crippen molar-refractivity contribution >= 4 is 0 Å². The van der Waals surface area contributed by atoms with E-state index in [2.05, 4.69) is 11.1 Å². The van der Waals surface area contributed by atoms with Gasteiger partial charge in [0.15, 0.2) is 0 Å². The van der Waals surface area contributed by atoms with E-state index in [1.54, 1.807) is 37.3 Å². The minimum absolute atomic E-state index is 0.0989. The van der Waals surface area contributed by atoms with Crippen molar-refractivity contribution in [2.45, 2.75) is 13.5 Å². The minimum Gasteiger partial charge on any atom is -0.489 e. The van der Waals surface area contributed by atoms with Gasteiger partial charge in [0.1, 0.15) is 24.0 Å². The first-order valence-corrected chi connectivity index (χ1v) is 7.97. The highest BCUT2D eigenvalue weighted by Crippen LogP contribution is 2.25. The van der Waals surface area contributed by atoms with E-state index in [0.717, 1.165) is 11.1 Å². The van der Waals surface area contributed by atoms with Gasteiger partial charge in [-0.1, -0.05) is 24.3 Å². The lowest BCUT2D eigenvalue weighted by molar-refractivity contribution is 0.306. The molecule has 0 aliphatic carbocycles. The van der Waals surface area contributed by atoms with Gasteiger partial charge >= 0.3 is 0 Å². The van der Waals surface area contributed by atoms with E-state index in [-0.39, 0.29) is 11.1 Å². The first-order valence-electron chi connectivity index (χ1n) is 7.97. The number of nitriles is 2. The largest absolute Gasteiger partial charge is 0.489 e. The fraction of sp³-hybridized carbons (Fsp3) is 0.0952. The molecule has 0 aliphatic heterocycles. The lowest BCUT2D eigenvalue weighted by Crippen LogP contribution is -2.12. The molecule has 0 atom stereocenters. The highest BCUT2D eigenvalue weighted by atomic mass is 16.5. The summed E-state index contributed by atoms with van der Waals surface area (Å²) in [5, 5.41) is 18.0. The predicted octanol–water partition coefficient (Wildman–Crippen LogP) is 3.67. The molecule has 0 spiro atoms. The summed E-state index contributed by atoms with van der Waals surface area (Å²) in [6.07, 6.45) is 0. The van der Waals surface area contributed by atoms with Crippen LogP contribution in [0.5, 0.6) is 5.75 Å². The van der Waals surface area contributed by atoms with Gasteiger partial charge in [0.2, 0.25) is 0 Å². The average Bonchev–Trinajstić information content (AvgIpc) is 2.66. The smallest absolute Gasteiger partial charge is 0.266 e. The van der Waals surface area contributed by atoms with Gasteiger partial charge in [-0.05, 0) is 48.4 Å². The number of ether oxygens (including phenoxy) is 1. The van der Waals surface area contributed by atoms with Crippen molar-refractivity contribution in [3.8, 4) is 29.0 Å². The zero-order valence-corrected chi connectivity index (χ0v) is 14.1. The standard InChI is InChI=1S/C21H15N3O2/c1-14-10-19(20(12-23)21(25)24-14)17-6-8-18(9-7-17)26-13-16-4-2-15(11-22)3-5-16/h2-10H,13H2,1H3,(H,24,25). The number of benzene rings is 2. The van der Waals surface area contributed by atoms with Crippen LogP contribution in [0.4, 0.5) is 0 Å². The van der Waals surface area contributed by atoms with Crippen molar-refractivity contribution in [1.29, 1.82) is 10.5 Å². The monoisotopic (exact) mass is 341 g/mol. The van der Waals surface area contributed by atoms with Crippen molar-refractivity contribution in [1.82, 2.24) is 4.98 Å². The maximum Gasteiger partial charge on any atom is 0.266 e. The molecule has 1 N–H and O–H groups in total. The van der Waals surface area contributed by atoms with E-state index in [4.69, 9.17) is 10.00 Å². The van der Waals surface area contributed by atoms with Crippen LogP contribution in [-0.4, -0.2) is 4.98 Å².